The van der Waals surface area contributed by atoms with Crippen molar-refractivity contribution in [3.63, 3.8) is 0 Å². The molecule has 1 aromatic heterocycles. The van der Waals surface area contributed by atoms with Crippen LogP contribution in [0.3, 0.4) is 0 Å². The molecule has 0 spiro atoms. The highest BCUT2D eigenvalue weighted by Crippen LogP contribution is 2.14. The maximum Gasteiger partial charge on any atom is 0.323 e. The van der Waals surface area contributed by atoms with E-state index in [0.29, 0.717) is 31.7 Å². The third-order valence-electron chi connectivity index (χ3n) is 2.80. The molecule has 0 bridgehead atoms. The fourth-order valence-electron chi connectivity index (χ4n) is 1.55. The average molecular weight is 298 g/mol. The molecule has 1 heterocycles. The lowest BCUT2D eigenvalue weighted by Crippen LogP contribution is -2.32. The monoisotopic (exact) mass is 298 g/mol. The Kier molecular flexibility index (Phi) is 7.70. The fourth-order valence-corrected chi connectivity index (χ4v) is 1.55. The SMILES string of the molecule is CCCOc1nc(NN)nc(NC(COCC)C(C)C)n1. The number of nitrogen functional groups attached to an aromatic ring is 1. The minimum Gasteiger partial charge on any atom is -0.463 e. The molecule has 0 saturated carbocycles. The van der Waals surface area contributed by atoms with Gasteiger partial charge in [-0.05, 0) is 19.3 Å². The standard InChI is InChI=1S/C13H26N6O2/c1-5-7-21-13-17-11(16-12(18-13)19-14)15-10(9(3)4)8-20-6-2/h9-10H,5-8,14H2,1-4H3,(H2,15,16,17,18,19). The summed E-state index contributed by atoms with van der Waals surface area (Å²) in [7, 11) is 0. The van der Waals surface area contributed by atoms with Gasteiger partial charge in [-0.3, -0.25) is 5.43 Å². The Morgan fingerprint density at radius 2 is 1.86 bits per heavy atom. The van der Waals surface area contributed by atoms with E-state index < -0.39 is 0 Å². The summed E-state index contributed by atoms with van der Waals surface area (Å²) in [6.45, 7) is 9.98. The van der Waals surface area contributed by atoms with Crippen LogP contribution in [-0.4, -0.2) is 40.8 Å². The van der Waals surface area contributed by atoms with E-state index in [9.17, 15) is 0 Å². The summed E-state index contributed by atoms with van der Waals surface area (Å²) in [5.41, 5.74) is 2.42. The highest BCUT2D eigenvalue weighted by Gasteiger charge is 2.16. The average Bonchev–Trinajstić information content (AvgIpc) is 2.48. The van der Waals surface area contributed by atoms with Crippen LogP contribution in [-0.2, 0) is 4.74 Å². The molecule has 1 rings (SSSR count). The third kappa shape index (κ3) is 6.09. The zero-order chi connectivity index (χ0) is 15.7. The molecule has 8 heteroatoms. The number of hydrogen-bond donors (Lipinski definition) is 3. The van der Waals surface area contributed by atoms with E-state index >= 15 is 0 Å². The second kappa shape index (κ2) is 9.30. The molecular formula is C13H26N6O2. The smallest absolute Gasteiger partial charge is 0.323 e. The molecule has 1 aromatic rings. The quantitative estimate of drug-likeness (QED) is 0.440. The van der Waals surface area contributed by atoms with Gasteiger partial charge in [0.1, 0.15) is 0 Å². The fraction of sp³-hybridized carbons (Fsp3) is 0.769. The topological polar surface area (TPSA) is 107 Å². The van der Waals surface area contributed by atoms with Crippen molar-refractivity contribution in [2.24, 2.45) is 11.8 Å². The van der Waals surface area contributed by atoms with Crippen LogP contribution in [0.2, 0.25) is 0 Å². The van der Waals surface area contributed by atoms with Crippen LogP contribution >= 0.6 is 0 Å². The first-order valence-electron chi connectivity index (χ1n) is 7.30. The summed E-state index contributed by atoms with van der Waals surface area (Å²) >= 11 is 0. The van der Waals surface area contributed by atoms with Crippen molar-refractivity contribution in [3.05, 3.63) is 0 Å². The van der Waals surface area contributed by atoms with Crippen molar-refractivity contribution >= 4 is 11.9 Å². The molecule has 0 aliphatic heterocycles. The van der Waals surface area contributed by atoms with Crippen molar-refractivity contribution in [1.82, 2.24) is 15.0 Å². The molecule has 21 heavy (non-hydrogen) atoms. The predicted molar refractivity (Wildman–Crippen MR) is 82.2 cm³/mol. The van der Waals surface area contributed by atoms with E-state index in [-0.39, 0.29) is 18.0 Å². The summed E-state index contributed by atoms with van der Waals surface area (Å²) in [6, 6.07) is 0.346. The first-order chi connectivity index (χ1) is 10.1. The zero-order valence-corrected chi connectivity index (χ0v) is 13.2. The summed E-state index contributed by atoms with van der Waals surface area (Å²) in [5, 5.41) is 3.24. The molecular weight excluding hydrogens is 272 g/mol. The minimum absolute atomic E-state index is 0.0944. The van der Waals surface area contributed by atoms with Gasteiger partial charge in [0.05, 0.1) is 19.3 Å². The van der Waals surface area contributed by atoms with Crippen LogP contribution in [0.4, 0.5) is 11.9 Å². The zero-order valence-electron chi connectivity index (χ0n) is 13.2. The predicted octanol–water partition coefficient (Wildman–Crippen LogP) is 1.42. The van der Waals surface area contributed by atoms with Crippen LogP contribution in [0, 0.1) is 5.92 Å². The lowest BCUT2D eigenvalue weighted by atomic mass is 10.1. The Bertz CT molecular complexity index is 416. The lowest BCUT2D eigenvalue weighted by Gasteiger charge is -2.22. The first-order valence-corrected chi connectivity index (χ1v) is 7.30. The Morgan fingerprint density at radius 3 is 2.43 bits per heavy atom. The maximum absolute atomic E-state index is 5.48. The number of nitrogens with zero attached hydrogens (tertiary/aromatic N) is 3. The largest absolute Gasteiger partial charge is 0.463 e. The molecule has 1 unspecified atom stereocenters. The maximum atomic E-state index is 5.48. The van der Waals surface area contributed by atoms with Gasteiger partial charge in [-0.2, -0.15) is 15.0 Å². The first kappa shape index (κ1) is 17.4. The Hall–Kier alpha value is -1.67. The number of nitrogens with two attached hydrogens (primary N) is 1. The van der Waals surface area contributed by atoms with Crippen molar-refractivity contribution in [2.45, 2.75) is 40.2 Å². The van der Waals surface area contributed by atoms with Crippen LogP contribution in [0.1, 0.15) is 34.1 Å². The van der Waals surface area contributed by atoms with Crippen LogP contribution in [0.15, 0.2) is 0 Å². The lowest BCUT2D eigenvalue weighted by molar-refractivity contribution is 0.126. The molecule has 120 valence electrons. The van der Waals surface area contributed by atoms with E-state index in [1.54, 1.807) is 0 Å². The number of nitrogens with one attached hydrogen (secondary N) is 2. The number of rotatable bonds is 10. The van der Waals surface area contributed by atoms with Gasteiger partial charge in [0, 0.05) is 6.61 Å². The Balaban J connectivity index is 2.83. The molecule has 0 radical (unpaired) electrons. The molecule has 1 atom stereocenters. The van der Waals surface area contributed by atoms with Gasteiger partial charge in [0.25, 0.3) is 0 Å². The number of anilines is 2. The van der Waals surface area contributed by atoms with Crippen LogP contribution < -0.4 is 21.3 Å². The normalized spacial score (nSPS) is 12.3. The van der Waals surface area contributed by atoms with Gasteiger partial charge in [-0.25, -0.2) is 5.84 Å². The van der Waals surface area contributed by atoms with Crippen molar-refractivity contribution in [3.8, 4) is 6.01 Å². The summed E-state index contributed by atoms with van der Waals surface area (Å²) in [5.74, 6) is 6.42. The van der Waals surface area contributed by atoms with E-state index in [2.05, 4.69) is 39.5 Å². The van der Waals surface area contributed by atoms with Crippen molar-refractivity contribution in [1.29, 1.82) is 0 Å². The summed E-state index contributed by atoms with van der Waals surface area (Å²) in [4.78, 5) is 12.5. The van der Waals surface area contributed by atoms with Crippen molar-refractivity contribution < 1.29 is 9.47 Å². The van der Waals surface area contributed by atoms with Crippen LogP contribution in [0.5, 0.6) is 6.01 Å². The molecule has 0 aliphatic carbocycles. The molecule has 4 N–H and O–H groups in total. The van der Waals surface area contributed by atoms with Gasteiger partial charge in [-0.1, -0.05) is 20.8 Å². The molecule has 0 fully saturated rings. The van der Waals surface area contributed by atoms with Gasteiger partial charge in [-0.15, -0.1) is 0 Å². The van der Waals surface area contributed by atoms with E-state index in [1.807, 2.05) is 13.8 Å². The number of aromatic nitrogens is 3. The van der Waals surface area contributed by atoms with E-state index in [1.165, 1.54) is 0 Å². The molecule has 0 aliphatic rings. The van der Waals surface area contributed by atoms with Crippen LogP contribution in [0.25, 0.3) is 0 Å². The van der Waals surface area contributed by atoms with E-state index in [0.717, 1.165) is 6.42 Å². The van der Waals surface area contributed by atoms with Gasteiger partial charge in [0.15, 0.2) is 0 Å². The van der Waals surface area contributed by atoms with Gasteiger partial charge >= 0.3 is 6.01 Å². The second-order valence-corrected chi connectivity index (χ2v) is 4.91. The molecule has 0 aromatic carbocycles. The minimum atomic E-state index is 0.0944. The Morgan fingerprint density at radius 1 is 1.14 bits per heavy atom. The highest BCUT2D eigenvalue weighted by atomic mass is 16.5. The number of hydrazine groups is 1. The third-order valence-corrected chi connectivity index (χ3v) is 2.80. The number of hydrogen-bond acceptors (Lipinski definition) is 8. The number of ether oxygens (including phenoxy) is 2. The molecule has 8 nitrogen and oxygen atoms in total. The summed E-state index contributed by atoms with van der Waals surface area (Å²) in [6.07, 6.45) is 0.874. The highest BCUT2D eigenvalue weighted by molar-refractivity contribution is 5.35. The molecule has 0 saturated heterocycles. The Labute approximate surface area is 125 Å². The molecule has 0 amide bonds. The van der Waals surface area contributed by atoms with E-state index in [4.69, 9.17) is 15.3 Å². The van der Waals surface area contributed by atoms with Crippen molar-refractivity contribution in [2.75, 3.05) is 30.6 Å². The van der Waals surface area contributed by atoms with Gasteiger partial charge < -0.3 is 14.8 Å². The summed E-state index contributed by atoms with van der Waals surface area (Å²) < 4.78 is 10.9. The second-order valence-electron chi connectivity index (χ2n) is 4.91. The van der Waals surface area contributed by atoms with Gasteiger partial charge in [0.2, 0.25) is 11.9 Å².